The highest BCUT2D eigenvalue weighted by Gasteiger charge is 2.08. The molecule has 1 heterocycles. The molecule has 0 saturated carbocycles. The molecule has 0 unspecified atom stereocenters. The number of hydrogen-bond acceptors (Lipinski definition) is 7. The molecule has 1 amide bonds. The lowest BCUT2D eigenvalue weighted by Gasteiger charge is -2.11. The van der Waals surface area contributed by atoms with E-state index in [9.17, 15) is 4.79 Å². The average Bonchev–Trinajstić information content (AvgIpc) is 3.31. The van der Waals surface area contributed by atoms with Crippen LogP contribution in [-0.2, 0) is 19.4 Å². The third-order valence-corrected chi connectivity index (χ3v) is 6.16. The fourth-order valence-electron chi connectivity index (χ4n) is 3.15. The first-order chi connectivity index (χ1) is 17.1. The molecule has 178 valence electrons. The van der Waals surface area contributed by atoms with Crippen molar-refractivity contribution in [2.45, 2.75) is 17.5 Å². The van der Waals surface area contributed by atoms with Gasteiger partial charge in [0.2, 0.25) is 0 Å². The number of methoxy groups -OCH3 is 1. The number of aryl methyl sites for hydroxylation is 1. The van der Waals surface area contributed by atoms with Crippen LogP contribution in [0.2, 0.25) is 0 Å². The number of carbonyl (C=O) groups is 1. The Balaban J connectivity index is 1.30. The molecule has 4 aromatic rings. The maximum absolute atomic E-state index is 12.4. The predicted octanol–water partition coefficient (Wildman–Crippen LogP) is 4.46. The number of amides is 1. The van der Waals surface area contributed by atoms with Gasteiger partial charge in [0.15, 0.2) is 16.7 Å². The summed E-state index contributed by atoms with van der Waals surface area (Å²) in [5, 5.41) is 12.8. The lowest BCUT2D eigenvalue weighted by atomic mass is 10.1. The van der Waals surface area contributed by atoms with E-state index in [1.54, 1.807) is 49.6 Å². The monoisotopic (exact) mass is 487 g/mol. The molecule has 1 aromatic heterocycles. The molecular formula is C26H25N5O3S. The van der Waals surface area contributed by atoms with Gasteiger partial charge >= 0.3 is 0 Å². The van der Waals surface area contributed by atoms with E-state index in [2.05, 4.69) is 20.7 Å². The molecule has 0 atom stereocenters. The SMILES string of the molecule is COc1cc(/C=N\NC(=O)c2ccc(CSc3nncn3C)cc2)ccc1OCc1ccccc1. The second-order valence-corrected chi connectivity index (χ2v) is 8.54. The number of rotatable bonds is 10. The predicted molar refractivity (Wildman–Crippen MR) is 136 cm³/mol. The average molecular weight is 488 g/mol. The molecule has 35 heavy (non-hydrogen) atoms. The molecule has 1 N–H and O–H groups in total. The summed E-state index contributed by atoms with van der Waals surface area (Å²) in [6.07, 6.45) is 3.23. The van der Waals surface area contributed by atoms with Gasteiger partial charge in [-0.15, -0.1) is 10.2 Å². The number of aromatic nitrogens is 3. The van der Waals surface area contributed by atoms with Crippen LogP contribution in [0.3, 0.4) is 0 Å². The van der Waals surface area contributed by atoms with Crippen LogP contribution < -0.4 is 14.9 Å². The van der Waals surface area contributed by atoms with Crippen molar-refractivity contribution < 1.29 is 14.3 Å². The molecular weight excluding hydrogens is 462 g/mol. The van der Waals surface area contributed by atoms with Gasteiger partial charge in [-0.2, -0.15) is 5.10 Å². The zero-order valence-electron chi connectivity index (χ0n) is 19.4. The summed E-state index contributed by atoms with van der Waals surface area (Å²) in [4.78, 5) is 12.4. The van der Waals surface area contributed by atoms with Crippen LogP contribution in [0, 0.1) is 0 Å². The van der Waals surface area contributed by atoms with E-state index in [4.69, 9.17) is 9.47 Å². The highest BCUT2D eigenvalue weighted by atomic mass is 32.2. The van der Waals surface area contributed by atoms with Crippen molar-refractivity contribution in [1.29, 1.82) is 0 Å². The minimum atomic E-state index is -0.288. The standard InChI is InChI=1S/C26H25N5O3S/c1-31-18-28-30-26(31)35-17-20-8-11-22(12-9-20)25(32)29-27-15-21-10-13-23(24(14-21)33-2)34-16-19-6-4-3-5-7-19/h3-15,18H,16-17H2,1-2H3,(H,29,32)/b27-15-. The summed E-state index contributed by atoms with van der Waals surface area (Å²) in [6, 6.07) is 22.8. The Labute approximate surface area is 208 Å². The van der Waals surface area contributed by atoms with Crippen LogP contribution in [0.4, 0.5) is 0 Å². The number of hydrazone groups is 1. The second kappa shape index (κ2) is 11.8. The van der Waals surface area contributed by atoms with Crippen LogP contribution >= 0.6 is 11.8 Å². The number of nitrogens with zero attached hydrogens (tertiary/aromatic N) is 4. The Kier molecular flexibility index (Phi) is 8.13. The first-order valence-electron chi connectivity index (χ1n) is 10.9. The van der Waals surface area contributed by atoms with Gasteiger partial charge in [-0.25, -0.2) is 5.43 Å². The van der Waals surface area contributed by atoms with E-state index in [1.807, 2.05) is 66.2 Å². The van der Waals surface area contributed by atoms with Crippen LogP contribution in [0.1, 0.15) is 27.0 Å². The summed E-state index contributed by atoms with van der Waals surface area (Å²) in [5.74, 6) is 1.67. The Hall–Kier alpha value is -4.11. The summed E-state index contributed by atoms with van der Waals surface area (Å²) < 4.78 is 13.2. The number of hydrogen-bond donors (Lipinski definition) is 1. The van der Waals surface area contributed by atoms with E-state index < -0.39 is 0 Å². The highest BCUT2D eigenvalue weighted by molar-refractivity contribution is 7.98. The fourth-order valence-corrected chi connectivity index (χ4v) is 4.00. The van der Waals surface area contributed by atoms with Crippen molar-refractivity contribution in [3.8, 4) is 11.5 Å². The van der Waals surface area contributed by atoms with Crippen molar-refractivity contribution >= 4 is 23.9 Å². The largest absolute Gasteiger partial charge is 0.493 e. The van der Waals surface area contributed by atoms with E-state index >= 15 is 0 Å². The zero-order valence-corrected chi connectivity index (χ0v) is 20.2. The molecule has 0 aliphatic carbocycles. The Morgan fingerprint density at radius 3 is 2.57 bits per heavy atom. The highest BCUT2D eigenvalue weighted by Crippen LogP contribution is 2.28. The smallest absolute Gasteiger partial charge is 0.271 e. The van der Waals surface area contributed by atoms with Gasteiger partial charge in [-0.3, -0.25) is 4.79 Å². The van der Waals surface area contributed by atoms with Gasteiger partial charge in [0.25, 0.3) is 5.91 Å². The van der Waals surface area contributed by atoms with E-state index in [0.717, 1.165) is 27.6 Å². The Bertz CT molecular complexity index is 1290. The molecule has 0 aliphatic heterocycles. The zero-order chi connectivity index (χ0) is 24.5. The fraction of sp³-hybridized carbons (Fsp3) is 0.154. The number of benzene rings is 3. The van der Waals surface area contributed by atoms with Crippen LogP contribution in [0.25, 0.3) is 0 Å². The number of ether oxygens (including phenoxy) is 2. The van der Waals surface area contributed by atoms with E-state index in [-0.39, 0.29) is 5.91 Å². The molecule has 0 aliphatic rings. The van der Waals surface area contributed by atoms with Crippen LogP contribution in [0.15, 0.2) is 89.4 Å². The topological polar surface area (TPSA) is 90.6 Å². The minimum Gasteiger partial charge on any atom is -0.493 e. The van der Waals surface area contributed by atoms with Gasteiger partial charge in [0.1, 0.15) is 12.9 Å². The molecule has 0 bridgehead atoms. The van der Waals surface area contributed by atoms with Crippen molar-refractivity contribution in [2.75, 3.05) is 7.11 Å². The molecule has 0 fully saturated rings. The normalized spacial score (nSPS) is 10.9. The van der Waals surface area contributed by atoms with E-state index in [0.29, 0.717) is 23.7 Å². The van der Waals surface area contributed by atoms with Crippen LogP contribution in [0.5, 0.6) is 11.5 Å². The summed E-state index contributed by atoms with van der Waals surface area (Å²) in [6.45, 7) is 0.443. The summed E-state index contributed by atoms with van der Waals surface area (Å²) >= 11 is 1.58. The Morgan fingerprint density at radius 1 is 1.06 bits per heavy atom. The van der Waals surface area contributed by atoms with Crippen molar-refractivity contribution in [2.24, 2.45) is 12.1 Å². The maximum Gasteiger partial charge on any atom is 0.271 e. The van der Waals surface area contributed by atoms with Gasteiger partial charge in [-0.05, 0) is 47.0 Å². The maximum atomic E-state index is 12.4. The number of carbonyl (C=O) groups excluding carboxylic acids is 1. The lowest BCUT2D eigenvalue weighted by Crippen LogP contribution is -2.17. The first kappa shape index (κ1) is 24.0. The molecule has 3 aromatic carbocycles. The molecule has 4 rings (SSSR count). The van der Waals surface area contributed by atoms with Crippen molar-refractivity contribution in [3.05, 3.63) is 101 Å². The van der Waals surface area contributed by atoms with Gasteiger partial charge in [0, 0.05) is 18.4 Å². The summed E-state index contributed by atoms with van der Waals surface area (Å²) in [7, 11) is 3.49. The minimum absolute atomic E-state index is 0.288. The molecule has 0 saturated heterocycles. The number of thioether (sulfide) groups is 1. The molecule has 0 spiro atoms. The quantitative estimate of drug-likeness (QED) is 0.202. The third-order valence-electron chi connectivity index (χ3n) is 5.06. The Morgan fingerprint density at radius 2 is 1.86 bits per heavy atom. The third kappa shape index (κ3) is 6.70. The lowest BCUT2D eigenvalue weighted by molar-refractivity contribution is 0.0955. The number of nitrogens with one attached hydrogen (secondary N) is 1. The van der Waals surface area contributed by atoms with Gasteiger partial charge in [-0.1, -0.05) is 54.2 Å². The van der Waals surface area contributed by atoms with Crippen molar-refractivity contribution in [3.63, 3.8) is 0 Å². The second-order valence-electron chi connectivity index (χ2n) is 7.59. The van der Waals surface area contributed by atoms with Gasteiger partial charge < -0.3 is 14.0 Å². The van der Waals surface area contributed by atoms with Gasteiger partial charge in [0.05, 0.1) is 13.3 Å². The van der Waals surface area contributed by atoms with E-state index in [1.165, 1.54) is 0 Å². The first-order valence-corrected chi connectivity index (χ1v) is 11.8. The molecule has 8 nitrogen and oxygen atoms in total. The molecule has 0 radical (unpaired) electrons. The van der Waals surface area contributed by atoms with Crippen molar-refractivity contribution in [1.82, 2.24) is 20.2 Å². The van der Waals surface area contributed by atoms with Crippen LogP contribution in [-0.4, -0.2) is 34.0 Å². The molecule has 9 heteroatoms. The summed E-state index contributed by atoms with van der Waals surface area (Å²) in [5.41, 5.74) is 6.01.